The van der Waals surface area contributed by atoms with Crippen LogP contribution in [0, 0.1) is 15.9 Å². The first-order valence-electron chi connectivity index (χ1n) is 6.60. The molecule has 0 spiro atoms. The molecule has 1 aliphatic rings. The smallest absolute Gasteiger partial charge is 0.272 e. The first-order chi connectivity index (χ1) is 9.69. The molecule has 1 aliphatic heterocycles. The van der Waals surface area contributed by atoms with E-state index in [1.54, 1.807) is 0 Å². The van der Waals surface area contributed by atoms with Crippen LogP contribution in [0.25, 0.3) is 0 Å². The van der Waals surface area contributed by atoms with Gasteiger partial charge in [0.2, 0.25) is 0 Å². The van der Waals surface area contributed by atoms with Gasteiger partial charge in [0.1, 0.15) is 5.82 Å². The van der Waals surface area contributed by atoms with Crippen LogP contribution in [0.15, 0.2) is 18.2 Å². The molecule has 21 heavy (non-hydrogen) atoms. The van der Waals surface area contributed by atoms with Gasteiger partial charge in [-0.1, -0.05) is 0 Å². The van der Waals surface area contributed by atoms with E-state index >= 15 is 0 Å². The molecule has 1 atom stereocenters. The number of amides is 1. The van der Waals surface area contributed by atoms with Gasteiger partial charge < -0.3 is 9.64 Å². The van der Waals surface area contributed by atoms with Crippen molar-refractivity contribution in [3.05, 3.63) is 39.7 Å². The minimum Gasteiger partial charge on any atom is -0.369 e. The number of benzene rings is 1. The van der Waals surface area contributed by atoms with E-state index in [4.69, 9.17) is 4.74 Å². The maximum atomic E-state index is 13.9. The number of morpholine rings is 1. The van der Waals surface area contributed by atoms with E-state index in [0.717, 1.165) is 18.2 Å². The molecule has 7 heteroatoms. The highest BCUT2D eigenvalue weighted by atomic mass is 19.1. The van der Waals surface area contributed by atoms with Gasteiger partial charge in [-0.3, -0.25) is 14.9 Å². The van der Waals surface area contributed by atoms with E-state index in [1.165, 1.54) is 4.90 Å². The average molecular weight is 296 g/mol. The maximum Gasteiger partial charge on any atom is 0.272 e. The highest BCUT2D eigenvalue weighted by Crippen LogP contribution is 2.24. The molecule has 6 nitrogen and oxygen atoms in total. The van der Waals surface area contributed by atoms with Crippen LogP contribution >= 0.6 is 0 Å². The highest BCUT2D eigenvalue weighted by Gasteiger charge is 2.34. The van der Waals surface area contributed by atoms with E-state index in [1.807, 2.05) is 20.8 Å². The Balaban J connectivity index is 2.26. The summed E-state index contributed by atoms with van der Waals surface area (Å²) >= 11 is 0. The van der Waals surface area contributed by atoms with Gasteiger partial charge in [-0.15, -0.1) is 0 Å². The van der Waals surface area contributed by atoms with Crippen molar-refractivity contribution in [2.45, 2.75) is 32.5 Å². The lowest BCUT2D eigenvalue weighted by Gasteiger charge is -2.41. The first-order valence-corrected chi connectivity index (χ1v) is 6.60. The van der Waals surface area contributed by atoms with Crippen LogP contribution in [0.2, 0.25) is 0 Å². The lowest BCUT2D eigenvalue weighted by atomic mass is 10.0. The van der Waals surface area contributed by atoms with Crippen molar-refractivity contribution in [3.63, 3.8) is 0 Å². The van der Waals surface area contributed by atoms with Gasteiger partial charge in [0.05, 0.1) is 28.3 Å². The fourth-order valence-corrected chi connectivity index (χ4v) is 2.57. The summed E-state index contributed by atoms with van der Waals surface area (Å²) in [5, 5.41) is 10.6. The Hall–Kier alpha value is -2.02. The Morgan fingerprint density at radius 2 is 2.19 bits per heavy atom. The second-order valence-electron chi connectivity index (χ2n) is 5.80. The summed E-state index contributed by atoms with van der Waals surface area (Å²) in [6.07, 6.45) is -0.154. The lowest BCUT2D eigenvalue weighted by molar-refractivity contribution is -0.385. The number of halogens is 1. The van der Waals surface area contributed by atoms with Crippen molar-refractivity contribution in [2.24, 2.45) is 0 Å². The number of hydrogen-bond acceptors (Lipinski definition) is 4. The molecule has 1 aromatic rings. The molecule has 0 saturated carbocycles. The van der Waals surface area contributed by atoms with Crippen molar-refractivity contribution >= 4 is 11.6 Å². The summed E-state index contributed by atoms with van der Waals surface area (Å²) in [7, 11) is 0. The van der Waals surface area contributed by atoms with Gasteiger partial charge in [-0.05, 0) is 26.8 Å². The van der Waals surface area contributed by atoms with E-state index in [0.29, 0.717) is 13.1 Å². The second-order valence-corrected chi connectivity index (χ2v) is 5.80. The third-order valence-corrected chi connectivity index (χ3v) is 3.25. The molecule has 1 saturated heterocycles. The summed E-state index contributed by atoms with van der Waals surface area (Å²) in [4.78, 5) is 23.8. The molecule has 0 aliphatic carbocycles. The number of hydrogen-bond donors (Lipinski definition) is 0. The Bertz CT molecular complexity index is 588. The molecular weight excluding hydrogens is 279 g/mol. The lowest BCUT2D eigenvalue weighted by Crippen LogP contribution is -2.53. The molecule has 1 aromatic carbocycles. The molecule has 0 bridgehead atoms. The van der Waals surface area contributed by atoms with Crippen LogP contribution in [0.3, 0.4) is 0 Å². The summed E-state index contributed by atoms with van der Waals surface area (Å²) in [5.74, 6) is -1.36. The third-order valence-electron chi connectivity index (χ3n) is 3.25. The molecule has 0 aromatic heterocycles. The van der Waals surface area contributed by atoms with Gasteiger partial charge in [-0.25, -0.2) is 4.39 Å². The zero-order chi connectivity index (χ0) is 15.8. The fraction of sp³-hybridized carbons (Fsp3) is 0.500. The molecule has 2 rings (SSSR count). The number of carbonyl (C=O) groups is 1. The zero-order valence-electron chi connectivity index (χ0n) is 12.1. The fourth-order valence-electron chi connectivity index (χ4n) is 2.57. The van der Waals surface area contributed by atoms with Crippen LogP contribution < -0.4 is 0 Å². The summed E-state index contributed by atoms with van der Waals surface area (Å²) in [6.45, 7) is 6.25. The number of nitro benzene ring substituents is 1. The first kappa shape index (κ1) is 15.4. The van der Waals surface area contributed by atoms with Crippen LogP contribution in [0.1, 0.15) is 31.1 Å². The number of rotatable bonds is 2. The molecule has 1 amide bonds. The third kappa shape index (κ3) is 3.36. The van der Waals surface area contributed by atoms with Crippen LogP contribution in [0.5, 0.6) is 0 Å². The molecule has 1 heterocycles. The molecule has 1 fully saturated rings. The molecule has 0 radical (unpaired) electrons. The molecule has 0 N–H and O–H groups in total. The normalized spacial score (nSPS) is 21.1. The minimum atomic E-state index is -0.883. The Labute approximate surface area is 121 Å². The van der Waals surface area contributed by atoms with Gasteiger partial charge in [-0.2, -0.15) is 0 Å². The summed E-state index contributed by atoms with van der Waals surface area (Å²) in [6, 6.07) is 3.05. The molecule has 1 unspecified atom stereocenters. The zero-order valence-corrected chi connectivity index (χ0v) is 12.1. The number of ether oxygens (including phenoxy) is 1. The van der Waals surface area contributed by atoms with Crippen molar-refractivity contribution in [2.75, 3.05) is 13.1 Å². The Morgan fingerprint density at radius 3 is 2.71 bits per heavy atom. The monoisotopic (exact) mass is 296 g/mol. The van der Waals surface area contributed by atoms with Crippen LogP contribution in [0.4, 0.5) is 10.1 Å². The predicted molar refractivity (Wildman–Crippen MR) is 73.6 cm³/mol. The highest BCUT2D eigenvalue weighted by molar-refractivity contribution is 5.94. The summed E-state index contributed by atoms with van der Waals surface area (Å²) in [5.41, 5.74) is -1.05. The Kier molecular flexibility index (Phi) is 3.95. The number of carbonyl (C=O) groups excluding carboxylic acids is 1. The standard InChI is InChI=1S/C14H17FN2O4/c1-9-7-16(8-14(2,3)21-9)13(18)11-5-4-10(17(19)20)6-12(11)15/h4-6,9H,7-8H2,1-3H3. The van der Waals surface area contributed by atoms with E-state index < -0.39 is 22.2 Å². The van der Waals surface area contributed by atoms with E-state index in [2.05, 4.69) is 0 Å². The largest absolute Gasteiger partial charge is 0.369 e. The van der Waals surface area contributed by atoms with Gasteiger partial charge >= 0.3 is 0 Å². The maximum absolute atomic E-state index is 13.9. The SMILES string of the molecule is CC1CN(C(=O)c2ccc([N+](=O)[O-])cc2F)CC(C)(C)O1. The number of non-ortho nitro benzene ring substituents is 1. The number of nitrogens with zero attached hydrogens (tertiary/aromatic N) is 2. The topological polar surface area (TPSA) is 72.7 Å². The molecular formula is C14H17FN2O4. The van der Waals surface area contributed by atoms with Crippen LogP contribution in [-0.4, -0.2) is 40.5 Å². The minimum absolute atomic E-state index is 0.154. The van der Waals surface area contributed by atoms with Crippen LogP contribution in [-0.2, 0) is 4.74 Å². The molecule has 114 valence electrons. The van der Waals surface area contributed by atoms with Gasteiger partial charge in [0.15, 0.2) is 0 Å². The van der Waals surface area contributed by atoms with Gasteiger partial charge in [0, 0.05) is 19.2 Å². The van der Waals surface area contributed by atoms with Crippen molar-refractivity contribution in [1.29, 1.82) is 0 Å². The Morgan fingerprint density at radius 1 is 1.52 bits per heavy atom. The quantitative estimate of drug-likeness (QED) is 0.620. The average Bonchev–Trinajstić information content (AvgIpc) is 2.35. The van der Waals surface area contributed by atoms with Gasteiger partial charge in [0.25, 0.3) is 11.6 Å². The second kappa shape index (κ2) is 5.40. The summed E-state index contributed by atoms with van der Waals surface area (Å²) < 4.78 is 19.6. The van der Waals surface area contributed by atoms with Crippen molar-refractivity contribution in [1.82, 2.24) is 4.90 Å². The predicted octanol–water partition coefficient (Wildman–Crippen LogP) is 2.37. The van der Waals surface area contributed by atoms with Crippen molar-refractivity contribution in [3.8, 4) is 0 Å². The van der Waals surface area contributed by atoms with E-state index in [9.17, 15) is 19.3 Å². The van der Waals surface area contributed by atoms with Crippen molar-refractivity contribution < 1.29 is 18.8 Å². The van der Waals surface area contributed by atoms with E-state index in [-0.39, 0.29) is 17.4 Å². The number of nitro groups is 1.